The van der Waals surface area contributed by atoms with Gasteiger partial charge in [-0.2, -0.15) is 10.2 Å². The van der Waals surface area contributed by atoms with E-state index in [1.807, 2.05) is 0 Å². The second-order valence-corrected chi connectivity index (χ2v) is 4.15. The number of hydrogen-bond donors (Lipinski definition) is 0. The zero-order valence-electron chi connectivity index (χ0n) is 9.13. The summed E-state index contributed by atoms with van der Waals surface area (Å²) < 4.78 is 0. The number of hydrogen-bond acceptors (Lipinski definition) is 2. The van der Waals surface area contributed by atoms with E-state index in [1.165, 1.54) is 5.56 Å². The van der Waals surface area contributed by atoms with Crippen LogP contribution in [-0.2, 0) is 0 Å². The molecule has 0 saturated carbocycles. The zero-order chi connectivity index (χ0) is 10.0. The monoisotopic (exact) mass is 178 g/mol. The van der Waals surface area contributed by atoms with Gasteiger partial charge in [0, 0.05) is 0 Å². The van der Waals surface area contributed by atoms with Crippen LogP contribution in [0.15, 0.2) is 6.07 Å². The summed E-state index contributed by atoms with van der Waals surface area (Å²) in [6, 6.07) is 2.15. The average Bonchev–Trinajstić information content (AvgIpc) is 2.03. The molecule has 0 aliphatic rings. The highest BCUT2D eigenvalue weighted by molar-refractivity contribution is 5.23. The van der Waals surface area contributed by atoms with E-state index in [1.54, 1.807) is 0 Å². The molecule has 2 heteroatoms. The molecule has 1 aromatic heterocycles. The molecular formula is C11H18N2. The molecule has 0 aliphatic carbocycles. The summed E-state index contributed by atoms with van der Waals surface area (Å²) in [6.45, 7) is 10.7. The Morgan fingerprint density at radius 2 is 1.62 bits per heavy atom. The summed E-state index contributed by atoms with van der Waals surface area (Å²) in [5.74, 6) is 0.932. The van der Waals surface area contributed by atoms with Crippen molar-refractivity contribution in [1.29, 1.82) is 0 Å². The average molecular weight is 178 g/mol. The van der Waals surface area contributed by atoms with Crippen molar-refractivity contribution >= 4 is 0 Å². The van der Waals surface area contributed by atoms with Crippen LogP contribution in [0.4, 0.5) is 0 Å². The Hall–Kier alpha value is -0.920. The van der Waals surface area contributed by atoms with Gasteiger partial charge in [0.05, 0.1) is 11.4 Å². The predicted octanol–water partition coefficient (Wildman–Crippen LogP) is 3.03. The third-order valence-corrected chi connectivity index (χ3v) is 2.18. The van der Waals surface area contributed by atoms with Crippen LogP contribution in [0, 0.1) is 6.92 Å². The van der Waals surface area contributed by atoms with E-state index in [-0.39, 0.29) is 0 Å². The Labute approximate surface area is 80.4 Å². The van der Waals surface area contributed by atoms with E-state index in [4.69, 9.17) is 0 Å². The van der Waals surface area contributed by atoms with Crippen LogP contribution < -0.4 is 0 Å². The Bertz CT molecular complexity index is 290. The molecule has 1 aromatic rings. The topological polar surface area (TPSA) is 25.8 Å². The number of aryl methyl sites for hydroxylation is 1. The molecule has 1 heterocycles. The third-order valence-electron chi connectivity index (χ3n) is 2.18. The van der Waals surface area contributed by atoms with Gasteiger partial charge < -0.3 is 0 Å². The Kier molecular flexibility index (Phi) is 3.02. The van der Waals surface area contributed by atoms with Crippen molar-refractivity contribution in [2.45, 2.75) is 46.5 Å². The Morgan fingerprint density at radius 1 is 1.00 bits per heavy atom. The van der Waals surface area contributed by atoms with Crippen molar-refractivity contribution in [1.82, 2.24) is 10.2 Å². The zero-order valence-corrected chi connectivity index (χ0v) is 9.13. The first-order valence-corrected chi connectivity index (χ1v) is 4.86. The van der Waals surface area contributed by atoms with Gasteiger partial charge >= 0.3 is 0 Å². The number of aromatic nitrogens is 2. The van der Waals surface area contributed by atoms with Crippen LogP contribution in [0.5, 0.6) is 0 Å². The van der Waals surface area contributed by atoms with Crippen molar-refractivity contribution < 1.29 is 0 Å². The molecule has 0 N–H and O–H groups in total. The minimum Gasteiger partial charge on any atom is -0.155 e. The quantitative estimate of drug-likeness (QED) is 0.695. The van der Waals surface area contributed by atoms with E-state index in [0.717, 1.165) is 11.4 Å². The van der Waals surface area contributed by atoms with Gasteiger partial charge in [-0.05, 0) is 30.4 Å². The van der Waals surface area contributed by atoms with Crippen LogP contribution in [-0.4, -0.2) is 10.2 Å². The first-order chi connectivity index (χ1) is 6.02. The van der Waals surface area contributed by atoms with Gasteiger partial charge in [-0.3, -0.25) is 0 Å². The van der Waals surface area contributed by atoms with Crippen LogP contribution in [0.3, 0.4) is 0 Å². The fourth-order valence-electron chi connectivity index (χ4n) is 1.37. The number of nitrogens with zero attached hydrogens (tertiary/aromatic N) is 2. The molecule has 1 rings (SSSR count). The third kappa shape index (κ3) is 2.27. The van der Waals surface area contributed by atoms with E-state index < -0.39 is 0 Å². The lowest BCUT2D eigenvalue weighted by Crippen LogP contribution is -2.03. The van der Waals surface area contributed by atoms with Gasteiger partial charge in [-0.1, -0.05) is 27.7 Å². The highest BCUT2D eigenvalue weighted by Crippen LogP contribution is 2.18. The first kappa shape index (κ1) is 10.2. The molecule has 0 aromatic carbocycles. The minimum absolute atomic E-state index is 0.465. The van der Waals surface area contributed by atoms with Crippen molar-refractivity contribution in [3.8, 4) is 0 Å². The van der Waals surface area contributed by atoms with Crippen LogP contribution in [0.25, 0.3) is 0 Å². The Balaban J connectivity index is 3.06. The minimum atomic E-state index is 0.465. The van der Waals surface area contributed by atoms with Crippen molar-refractivity contribution in [2.24, 2.45) is 0 Å². The van der Waals surface area contributed by atoms with Gasteiger partial charge in [0.15, 0.2) is 0 Å². The summed E-state index contributed by atoms with van der Waals surface area (Å²) in [5, 5.41) is 8.46. The maximum Gasteiger partial charge on any atom is 0.0685 e. The molecule has 72 valence electrons. The highest BCUT2D eigenvalue weighted by atomic mass is 15.1. The standard InChI is InChI=1S/C11H18N2/c1-7(2)10-6-9(5)11(8(3)4)13-12-10/h6-8H,1-5H3. The van der Waals surface area contributed by atoms with E-state index in [0.29, 0.717) is 11.8 Å². The highest BCUT2D eigenvalue weighted by Gasteiger charge is 2.08. The molecule has 2 nitrogen and oxygen atoms in total. The summed E-state index contributed by atoms with van der Waals surface area (Å²) >= 11 is 0. The molecule has 0 fully saturated rings. The SMILES string of the molecule is Cc1cc(C(C)C)nnc1C(C)C. The van der Waals surface area contributed by atoms with Crippen LogP contribution in [0.1, 0.15) is 56.5 Å². The van der Waals surface area contributed by atoms with Gasteiger partial charge in [0.25, 0.3) is 0 Å². The molecule has 0 amide bonds. The Morgan fingerprint density at radius 3 is 2.00 bits per heavy atom. The van der Waals surface area contributed by atoms with Crippen molar-refractivity contribution in [3.63, 3.8) is 0 Å². The lowest BCUT2D eigenvalue weighted by molar-refractivity contribution is 0.724. The molecule has 0 unspecified atom stereocenters. The largest absolute Gasteiger partial charge is 0.155 e. The van der Waals surface area contributed by atoms with E-state index in [9.17, 15) is 0 Å². The van der Waals surface area contributed by atoms with Crippen molar-refractivity contribution in [2.75, 3.05) is 0 Å². The lowest BCUT2D eigenvalue weighted by Gasteiger charge is -2.10. The molecule has 0 saturated heterocycles. The predicted molar refractivity (Wildman–Crippen MR) is 54.9 cm³/mol. The fourth-order valence-corrected chi connectivity index (χ4v) is 1.37. The summed E-state index contributed by atoms with van der Waals surface area (Å²) in [6.07, 6.45) is 0. The lowest BCUT2D eigenvalue weighted by atomic mass is 10.0. The normalized spacial score (nSPS) is 11.3. The van der Waals surface area contributed by atoms with E-state index in [2.05, 4.69) is 50.9 Å². The smallest absolute Gasteiger partial charge is 0.0685 e. The summed E-state index contributed by atoms with van der Waals surface area (Å²) in [5.41, 5.74) is 3.46. The van der Waals surface area contributed by atoms with Crippen molar-refractivity contribution in [3.05, 3.63) is 23.0 Å². The first-order valence-electron chi connectivity index (χ1n) is 4.86. The summed E-state index contributed by atoms with van der Waals surface area (Å²) in [4.78, 5) is 0. The molecule has 0 spiro atoms. The summed E-state index contributed by atoms with van der Waals surface area (Å²) in [7, 11) is 0. The second-order valence-electron chi connectivity index (χ2n) is 4.15. The molecular weight excluding hydrogens is 160 g/mol. The van der Waals surface area contributed by atoms with Gasteiger partial charge in [0.1, 0.15) is 0 Å². The number of rotatable bonds is 2. The molecule has 0 aliphatic heterocycles. The molecule has 0 bridgehead atoms. The second kappa shape index (κ2) is 3.86. The molecule has 0 radical (unpaired) electrons. The van der Waals surface area contributed by atoms with Gasteiger partial charge in [-0.15, -0.1) is 0 Å². The maximum absolute atomic E-state index is 4.25. The van der Waals surface area contributed by atoms with Gasteiger partial charge in [-0.25, -0.2) is 0 Å². The van der Waals surface area contributed by atoms with Gasteiger partial charge in [0.2, 0.25) is 0 Å². The van der Waals surface area contributed by atoms with Crippen LogP contribution >= 0.6 is 0 Å². The fraction of sp³-hybridized carbons (Fsp3) is 0.636. The maximum atomic E-state index is 4.25. The van der Waals surface area contributed by atoms with E-state index >= 15 is 0 Å². The van der Waals surface area contributed by atoms with Crippen LogP contribution in [0.2, 0.25) is 0 Å². The molecule has 0 atom stereocenters. The molecule has 13 heavy (non-hydrogen) atoms.